The van der Waals surface area contributed by atoms with Crippen molar-refractivity contribution in [3.05, 3.63) is 65.6 Å². The summed E-state index contributed by atoms with van der Waals surface area (Å²) in [5, 5.41) is 18.3. The van der Waals surface area contributed by atoms with Crippen molar-refractivity contribution in [3.63, 3.8) is 0 Å². The van der Waals surface area contributed by atoms with Crippen LogP contribution in [0.3, 0.4) is 0 Å². The Kier molecular flexibility index (Phi) is 6.23. The second-order valence-electron chi connectivity index (χ2n) is 6.21. The van der Waals surface area contributed by atoms with Gasteiger partial charge in [0, 0.05) is 17.9 Å². The molecule has 0 saturated heterocycles. The zero-order valence-electron chi connectivity index (χ0n) is 15.3. The van der Waals surface area contributed by atoms with Crippen LogP contribution in [0.15, 0.2) is 48.5 Å². The molecule has 0 fully saturated rings. The number of benzene rings is 2. The number of rotatable bonds is 9. The van der Waals surface area contributed by atoms with Crippen LogP contribution in [0.1, 0.15) is 22.5 Å². The maximum Gasteiger partial charge on any atom is 0.354 e. The van der Waals surface area contributed by atoms with Crippen LogP contribution in [0.2, 0.25) is 0 Å². The number of carboxylic acids is 2. The molecule has 29 heavy (non-hydrogen) atoms. The molecule has 0 spiro atoms. The molecular weight excluding hydrogens is 381 g/mol. The number of pyridine rings is 1. The fraction of sp³-hybridized carbons (Fsp3) is 0.190. The first-order chi connectivity index (χ1) is 13.9. The van der Waals surface area contributed by atoms with Crippen molar-refractivity contribution >= 4 is 22.8 Å². The molecule has 0 unspecified atom stereocenters. The second-order valence-corrected chi connectivity index (χ2v) is 6.21. The highest BCUT2D eigenvalue weighted by Gasteiger charge is 2.13. The quantitative estimate of drug-likeness (QED) is 0.530. The van der Waals surface area contributed by atoms with E-state index in [1.165, 1.54) is 24.3 Å². The summed E-state index contributed by atoms with van der Waals surface area (Å²) in [7, 11) is 0. The number of ether oxygens (including phenoxy) is 2. The molecule has 0 atom stereocenters. The lowest BCUT2D eigenvalue weighted by molar-refractivity contribution is -0.136. The van der Waals surface area contributed by atoms with Crippen molar-refractivity contribution in [1.29, 1.82) is 0 Å². The molecule has 0 aliphatic heterocycles. The molecule has 0 radical (unpaired) electrons. The highest BCUT2D eigenvalue weighted by Crippen LogP contribution is 2.26. The van der Waals surface area contributed by atoms with Gasteiger partial charge in [0.2, 0.25) is 0 Å². The first-order valence-corrected chi connectivity index (χ1v) is 8.82. The van der Waals surface area contributed by atoms with Crippen LogP contribution in [0.5, 0.6) is 11.5 Å². The number of aryl methyl sites for hydroxylation is 1. The number of halogens is 1. The number of hydrogen-bond donors (Lipinski definition) is 2. The summed E-state index contributed by atoms with van der Waals surface area (Å²) in [5.74, 6) is -1.74. The summed E-state index contributed by atoms with van der Waals surface area (Å²) >= 11 is 0. The molecule has 2 aromatic carbocycles. The predicted octanol–water partition coefficient (Wildman–Crippen LogP) is 3.55. The zero-order chi connectivity index (χ0) is 20.8. The molecule has 3 aromatic rings. The van der Waals surface area contributed by atoms with Gasteiger partial charge in [-0.05, 0) is 42.3 Å². The maximum atomic E-state index is 13.6. The summed E-state index contributed by atoms with van der Waals surface area (Å²) in [6.07, 6.45) is 0.503. The van der Waals surface area contributed by atoms with Crippen molar-refractivity contribution in [2.24, 2.45) is 0 Å². The third-order valence-corrected chi connectivity index (χ3v) is 4.11. The van der Waals surface area contributed by atoms with Crippen molar-refractivity contribution in [2.75, 3.05) is 13.2 Å². The Morgan fingerprint density at radius 3 is 2.38 bits per heavy atom. The highest BCUT2D eigenvalue weighted by atomic mass is 19.1. The second kappa shape index (κ2) is 9.01. The van der Waals surface area contributed by atoms with E-state index in [-0.39, 0.29) is 31.1 Å². The molecule has 7 nitrogen and oxygen atoms in total. The topological polar surface area (TPSA) is 106 Å². The van der Waals surface area contributed by atoms with Gasteiger partial charge in [0.25, 0.3) is 0 Å². The molecule has 0 aliphatic rings. The third kappa shape index (κ3) is 5.41. The monoisotopic (exact) mass is 399 g/mol. The number of fused-ring (bicyclic) bond motifs is 1. The molecule has 1 heterocycles. The van der Waals surface area contributed by atoms with Gasteiger partial charge in [-0.15, -0.1) is 0 Å². The lowest BCUT2D eigenvalue weighted by atomic mass is 10.1. The van der Waals surface area contributed by atoms with E-state index < -0.39 is 17.8 Å². The van der Waals surface area contributed by atoms with Gasteiger partial charge < -0.3 is 19.7 Å². The lowest BCUT2D eigenvalue weighted by Crippen LogP contribution is -2.10. The van der Waals surface area contributed by atoms with Gasteiger partial charge in [0.15, 0.2) is 5.69 Å². The van der Waals surface area contributed by atoms with E-state index in [0.717, 1.165) is 5.56 Å². The fourth-order valence-corrected chi connectivity index (χ4v) is 2.71. The first kappa shape index (κ1) is 20.1. The van der Waals surface area contributed by atoms with Gasteiger partial charge in [-0.3, -0.25) is 4.79 Å². The molecule has 0 bridgehead atoms. The van der Waals surface area contributed by atoms with Gasteiger partial charge in [-0.1, -0.05) is 12.1 Å². The molecule has 3 rings (SSSR count). The van der Waals surface area contributed by atoms with Gasteiger partial charge in [-0.2, -0.15) is 0 Å². The van der Waals surface area contributed by atoms with E-state index in [1.807, 2.05) is 0 Å². The van der Waals surface area contributed by atoms with E-state index in [9.17, 15) is 19.1 Å². The molecule has 150 valence electrons. The Hall–Kier alpha value is -3.68. The summed E-state index contributed by atoms with van der Waals surface area (Å²) in [4.78, 5) is 25.8. The van der Waals surface area contributed by atoms with E-state index in [2.05, 4.69) is 4.98 Å². The number of aromatic carboxylic acids is 1. The molecule has 2 N–H and O–H groups in total. The van der Waals surface area contributed by atoms with E-state index in [1.54, 1.807) is 24.3 Å². The zero-order valence-corrected chi connectivity index (χ0v) is 15.3. The van der Waals surface area contributed by atoms with Crippen LogP contribution in [-0.2, 0) is 11.2 Å². The summed E-state index contributed by atoms with van der Waals surface area (Å²) in [6, 6.07) is 12.1. The minimum Gasteiger partial charge on any atom is -0.490 e. The molecule has 0 aliphatic carbocycles. The maximum absolute atomic E-state index is 13.6. The van der Waals surface area contributed by atoms with Crippen LogP contribution >= 0.6 is 0 Å². The van der Waals surface area contributed by atoms with Crippen LogP contribution in [0, 0.1) is 5.82 Å². The number of aromatic nitrogens is 1. The van der Waals surface area contributed by atoms with E-state index >= 15 is 0 Å². The molecule has 0 amide bonds. The van der Waals surface area contributed by atoms with Crippen LogP contribution in [0.25, 0.3) is 10.9 Å². The smallest absolute Gasteiger partial charge is 0.354 e. The molecule has 0 saturated carbocycles. The average molecular weight is 399 g/mol. The van der Waals surface area contributed by atoms with Gasteiger partial charge in [0.05, 0.1) is 5.52 Å². The van der Waals surface area contributed by atoms with Crippen LogP contribution < -0.4 is 9.47 Å². The third-order valence-electron chi connectivity index (χ3n) is 4.11. The normalized spacial score (nSPS) is 10.7. The van der Waals surface area contributed by atoms with Crippen molar-refractivity contribution in [2.45, 2.75) is 12.8 Å². The minimum absolute atomic E-state index is 0.0624. The number of nitrogens with zero attached hydrogens (tertiary/aromatic N) is 1. The molecule has 8 heteroatoms. The van der Waals surface area contributed by atoms with Crippen LogP contribution in [-0.4, -0.2) is 40.3 Å². The fourth-order valence-electron chi connectivity index (χ4n) is 2.71. The summed E-state index contributed by atoms with van der Waals surface area (Å²) in [5.41, 5.74) is 1.01. The van der Waals surface area contributed by atoms with E-state index in [4.69, 9.17) is 14.6 Å². The number of carbonyl (C=O) groups is 2. The van der Waals surface area contributed by atoms with Gasteiger partial charge in [-0.25, -0.2) is 14.2 Å². The Bertz CT molecular complexity index is 1040. The Morgan fingerprint density at radius 1 is 0.966 bits per heavy atom. The van der Waals surface area contributed by atoms with Crippen LogP contribution in [0.4, 0.5) is 4.39 Å². The largest absolute Gasteiger partial charge is 0.490 e. The SMILES string of the molecule is O=C(O)CCc1ccc(OCCOc2cc(C(=O)O)nc3ccc(F)cc23)cc1. The highest BCUT2D eigenvalue weighted by molar-refractivity contribution is 5.93. The standard InChI is InChI=1S/C21H18FNO6/c22-14-4-7-17-16(11-14)19(12-18(23-17)21(26)27)29-10-9-28-15-5-1-13(2-6-15)3-8-20(24)25/h1-2,4-7,11-12H,3,8-10H2,(H,24,25)(H,26,27). The summed E-state index contributed by atoms with van der Waals surface area (Å²) in [6.45, 7) is 0.283. The summed E-state index contributed by atoms with van der Waals surface area (Å²) < 4.78 is 24.7. The Labute approximate surface area is 165 Å². The van der Waals surface area contributed by atoms with Crippen molar-refractivity contribution in [1.82, 2.24) is 4.98 Å². The minimum atomic E-state index is -1.21. The van der Waals surface area contributed by atoms with Gasteiger partial charge >= 0.3 is 11.9 Å². The molecular formula is C21H18FNO6. The number of hydrogen-bond acceptors (Lipinski definition) is 5. The number of carboxylic acid groups (broad SMARTS) is 2. The molecule has 1 aromatic heterocycles. The Morgan fingerprint density at radius 2 is 1.69 bits per heavy atom. The van der Waals surface area contributed by atoms with Gasteiger partial charge in [0.1, 0.15) is 30.5 Å². The van der Waals surface area contributed by atoms with Crippen molar-refractivity contribution < 1.29 is 33.7 Å². The van der Waals surface area contributed by atoms with Crippen molar-refractivity contribution in [3.8, 4) is 11.5 Å². The first-order valence-electron chi connectivity index (χ1n) is 8.82. The predicted molar refractivity (Wildman–Crippen MR) is 102 cm³/mol. The Balaban J connectivity index is 1.61. The lowest BCUT2D eigenvalue weighted by Gasteiger charge is -2.11. The number of aliphatic carboxylic acids is 1. The van der Waals surface area contributed by atoms with E-state index in [0.29, 0.717) is 23.1 Å². The average Bonchev–Trinajstić information content (AvgIpc) is 2.70.